The van der Waals surface area contributed by atoms with Crippen molar-refractivity contribution >= 4 is 37.3 Å². The third-order valence-electron chi connectivity index (χ3n) is 5.13. The van der Waals surface area contributed by atoms with E-state index >= 15 is 0 Å². The predicted molar refractivity (Wildman–Crippen MR) is 106 cm³/mol. The van der Waals surface area contributed by atoms with Crippen molar-refractivity contribution in [3.63, 3.8) is 0 Å². The number of carbonyl (C=O) groups excluding carboxylic acids is 1. The Morgan fingerprint density at radius 2 is 1.64 bits per heavy atom. The van der Waals surface area contributed by atoms with E-state index in [2.05, 4.69) is 0 Å². The van der Waals surface area contributed by atoms with Crippen LogP contribution < -0.4 is 8.61 Å². The summed E-state index contributed by atoms with van der Waals surface area (Å²) in [5, 5.41) is 0. The molecule has 28 heavy (non-hydrogen) atoms. The number of fused-ring (bicyclic) bond motifs is 1. The van der Waals surface area contributed by atoms with E-state index in [4.69, 9.17) is 0 Å². The lowest BCUT2D eigenvalue weighted by Gasteiger charge is -2.25. The Kier molecular flexibility index (Phi) is 4.27. The molecule has 0 unspecified atom stereocenters. The molecule has 0 aromatic heterocycles. The molecular formula is C19H20N2O5S2. The third kappa shape index (κ3) is 2.80. The molecule has 7 nitrogen and oxygen atoms in total. The van der Waals surface area contributed by atoms with Gasteiger partial charge in [-0.1, -0.05) is 25.1 Å². The topological polar surface area (TPSA) is 91.8 Å². The van der Waals surface area contributed by atoms with Gasteiger partial charge < -0.3 is 0 Å². The number of nitrogens with zero attached hydrogens (tertiary/aromatic N) is 2. The van der Waals surface area contributed by atoms with Gasteiger partial charge in [0.05, 0.1) is 27.9 Å². The molecule has 0 aliphatic carbocycles. The first-order valence-electron chi connectivity index (χ1n) is 8.92. The molecule has 0 spiro atoms. The van der Waals surface area contributed by atoms with Crippen LogP contribution in [-0.4, -0.2) is 34.5 Å². The molecule has 2 aliphatic rings. The first-order chi connectivity index (χ1) is 13.1. The number of sulfonamides is 2. The van der Waals surface area contributed by atoms with Crippen molar-refractivity contribution in [3.05, 3.63) is 54.1 Å². The van der Waals surface area contributed by atoms with E-state index in [0.29, 0.717) is 12.1 Å². The van der Waals surface area contributed by atoms with Gasteiger partial charge in [0, 0.05) is 6.04 Å². The summed E-state index contributed by atoms with van der Waals surface area (Å²) in [7, 11) is -7.54. The molecule has 2 atom stereocenters. The van der Waals surface area contributed by atoms with E-state index in [0.717, 1.165) is 9.87 Å². The Balaban J connectivity index is 1.71. The highest BCUT2D eigenvalue weighted by atomic mass is 32.2. The fraction of sp³-hybridized carbons (Fsp3) is 0.316. The maximum atomic E-state index is 13.2. The van der Waals surface area contributed by atoms with Gasteiger partial charge in [0.15, 0.2) is 0 Å². The van der Waals surface area contributed by atoms with Gasteiger partial charge in [-0.15, -0.1) is 0 Å². The number of carbonyl (C=O) groups is 1. The average molecular weight is 421 g/mol. The third-order valence-corrected chi connectivity index (χ3v) is 8.94. The predicted octanol–water partition coefficient (Wildman–Crippen LogP) is 2.14. The standard InChI is InChI=1S/C19H20N2O5S2/c1-13-12-27(23,24)21(19(13)22)16-7-9-17(10-8-16)28(25,26)20-14(2)11-15-5-3-4-6-18(15)20/h3-10,13-14H,11-12H2,1-2H3/t13-,14-/m0/s1. The minimum Gasteiger partial charge on any atom is -0.273 e. The van der Waals surface area contributed by atoms with Gasteiger partial charge in [-0.3, -0.25) is 9.10 Å². The summed E-state index contributed by atoms with van der Waals surface area (Å²) in [4.78, 5) is 12.3. The van der Waals surface area contributed by atoms with Gasteiger partial charge in [0.2, 0.25) is 15.9 Å². The van der Waals surface area contributed by atoms with Crippen molar-refractivity contribution in [1.29, 1.82) is 0 Å². The average Bonchev–Trinajstić information content (AvgIpc) is 3.07. The largest absolute Gasteiger partial charge is 0.273 e. The van der Waals surface area contributed by atoms with Gasteiger partial charge in [-0.2, -0.15) is 0 Å². The lowest BCUT2D eigenvalue weighted by atomic mass is 10.1. The fourth-order valence-electron chi connectivity index (χ4n) is 3.86. The maximum Gasteiger partial charge on any atom is 0.264 e. The Hall–Kier alpha value is -2.39. The van der Waals surface area contributed by atoms with Crippen LogP contribution in [-0.2, 0) is 31.3 Å². The summed E-state index contributed by atoms with van der Waals surface area (Å²) in [6.45, 7) is 3.41. The van der Waals surface area contributed by atoms with Gasteiger partial charge in [-0.05, 0) is 49.2 Å². The molecule has 0 saturated carbocycles. The molecule has 2 heterocycles. The van der Waals surface area contributed by atoms with E-state index in [9.17, 15) is 21.6 Å². The van der Waals surface area contributed by atoms with E-state index in [1.165, 1.54) is 28.6 Å². The summed E-state index contributed by atoms with van der Waals surface area (Å²) >= 11 is 0. The number of benzene rings is 2. The second-order valence-corrected chi connectivity index (χ2v) is 10.9. The van der Waals surface area contributed by atoms with Crippen molar-refractivity contribution < 1.29 is 21.6 Å². The van der Waals surface area contributed by atoms with E-state index in [-0.39, 0.29) is 22.4 Å². The van der Waals surface area contributed by atoms with Crippen LogP contribution in [0.2, 0.25) is 0 Å². The zero-order chi connectivity index (χ0) is 20.3. The Morgan fingerprint density at radius 1 is 1.00 bits per heavy atom. The van der Waals surface area contributed by atoms with Crippen LogP contribution in [0.15, 0.2) is 53.4 Å². The molecule has 1 amide bonds. The summed E-state index contributed by atoms with van der Waals surface area (Å²) in [6, 6.07) is 12.6. The molecule has 1 fully saturated rings. The monoisotopic (exact) mass is 420 g/mol. The van der Waals surface area contributed by atoms with Gasteiger partial charge >= 0.3 is 0 Å². The van der Waals surface area contributed by atoms with Crippen LogP contribution in [0.5, 0.6) is 0 Å². The minimum absolute atomic E-state index is 0.0527. The smallest absolute Gasteiger partial charge is 0.264 e. The quantitative estimate of drug-likeness (QED) is 0.759. The number of amides is 1. The van der Waals surface area contributed by atoms with Crippen LogP contribution in [0.3, 0.4) is 0 Å². The first-order valence-corrected chi connectivity index (χ1v) is 12.0. The lowest BCUT2D eigenvalue weighted by molar-refractivity contribution is -0.119. The number of para-hydroxylation sites is 1. The highest BCUT2D eigenvalue weighted by molar-refractivity contribution is 7.94. The van der Waals surface area contributed by atoms with Gasteiger partial charge in [0.25, 0.3) is 10.0 Å². The fourth-order valence-corrected chi connectivity index (χ4v) is 7.37. The van der Waals surface area contributed by atoms with Crippen LogP contribution >= 0.6 is 0 Å². The maximum absolute atomic E-state index is 13.2. The van der Waals surface area contributed by atoms with Gasteiger partial charge in [0.1, 0.15) is 0 Å². The molecule has 4 rings (SSSR count). The molecule has 0 N–H and O–H groups in total. The summed E-state index contributed by atoms with van der Waals surface area (Å²) in [5.41, 5.74) is 1.78. The summed E-state index contributed by atoms with van der Waals surface area (Å²) in [6.07, 6.45) is 0.631. The number of hydrogen-bond donors (Lipinski definition) is 0. The zero-order valence-corrected chi connectivity index (χ0v) is 17.1. The molecule has 2 aromatic rings. The van der Waals surface area contributed by atoms with Crippen molar-refractivity contribution in [2.75, 3.05) is 14.4 Å². The second-order valence-electron chi connectivity index (χ2n) is 7.26. The van der Waals surface area contributed by atoms with E-state index in [1.807, 2.05) is 19.1 Å². The first kappa shape index (κ1) is 18.9. The molecule has 0 radical (unpaired) electrons. The Bertz CT molecular complexity index is 1160. The molecule has 2 aliphatic heterocycles. The highest BCUT2D eigenvalue weighted by Crippen LogP contribution is 2.37. The molecular weight excluding hydrogens is 400 g/mol. The Morgan fingerprint density at radius 3 is 2.25 bits per heavy atom. The van der Waals surface area contributed by atoms with Crippen LogP contribution in [0, 0.1) is 5.92 Å². The summed E-state index contributed by atoms with van der Waals surface area (Å²) in [5.74, 6) is -1.36. The van der Waals surface area contributed by atoms with Crippen LogP contribution in [0.25, 0.3) is 0 Å². The molecule has 0 bridgehead atoms. The molecule has 148 valence electrons. The lowest BCUT2D eigenvalue weighted by Crippen LogP contribution is -2.35. The molecule has 2 aromatic carbocycles. The van der Waals surface area contributed by atoms with Crippen LogP contribution in [0.1, 0.15) is 19.4 Å². The van der Waals surface area contributed by atoms with Gasteiger partial charge in [-0.25, -0.2) is 21.1 Å². The zero-order valence-electron chi connectivity index (χ0n) is 15.4. The summed E-state index contributed by atoms with van der Waals surface area (Å²) < 4.78 is 53.1. The second kappa shape index (κ2) is 6.31. The van der Waals surface area contributed by atoms with Crippen molar-refractivity contribution in [1.82, 2.24) is 0 Å². The number of hydrogen-bond acceptors (Lipinski definition) is 5. The SMILES string of the molecule is C[C@H]1CS(=O)(=O)N(c2ccc(S(=O)(=O)N3c4ccccc4C[C@@H]3C)cc2)C1=O. The Labute approximate surface area is 164 Å². The van der Waals surface area contributed by atoms with Crippen molar-refractivity contribution in [2.24, 2.45) is 5.92 Å². The molecule has 9 heteroatoms. The highest BCUT2D eigenvalue weighted by Gasteiger charge is 2.42. The van der Waals surface area contributed by atoms with Crippen molar-refractivity contribution in [2.45, 2.75) is 31.2 Å². The van der Waals surface area contributed by atoms with E-state index < -0.39 is 31.9 Å². The van der Waals surface area contributed by atoms with E-state index in [1.54, 1.807) is 19.1 Å². The minimum atomic E-state index is -3.81. The normalized spacial score (nSPS) is 23.9. The molecule has 1 saturated heterocycles. The van der Waals surface area contributed by atoms with Crippen LogP contribution in [0.4, 0.5) is 11.4 Å². The van der Waals surface area contributed by atoms with Crippen molar-refractivity contribution in [3.8, 4) is 0 Å². The number of rotatable bonds is 3. The number of anilines is 2.